The summed E-state index contributed by atoms with van der Waals surface area (Å²) in [5, 5.41) is 14.0. The third kappa shape index (κ3) is 4.49. The number of hydrogen-bond donors (Lipinski definition) is 0. The van der Waals surface area contributed by atoms with Crippen LogP contribution >= 0.6 is 23.2 Å². The van der Waals surface area contributed by atoms with E-state index in [2.05, 4.69) is 0 Å². The summed E-state index contributed by atoms with van der Waals surface area (Å²) < 4.78 is 22.4. The van der Waals surface area contributed by atoms with E-state index < -0.39 is 23.1 Å². The number of halogens is 2. The van der Waals surface area contributed by atoms with Gasteiger partial charge in [-0.05, 0) is 30.2 Å². The normalized spacial score (nSPS) is 27.4. The lowest BCUT2D eigenvalue weighted by Crippen LogP contribution is -2.56. The molecule has 0 saturated heterocycles. The van der Waals surface area contributed by atoms with E-state index in [0.717, 1.165) is 23.1 Å². The van der Waals surface area contributed by atoms with Gasteiger partial charge in [-0.1, -0.05) is 47.8 Å². The number of allylic oxidation sites excluding steroid dienone is 3. The van der Waals surface area contributed by atoms with Gasteiger partial charge in [0.1, 0.15) is 25.8 Å². The molecule has 2 atom stereocenters. The molecule has 1 aromatic carbocycles. The van der Waals surface area contributed by atoms with Crippen molar-refractivity contribution in [3.63, 3.8) is 0 Å². The van der Waals surface area contributed by atoms with Crippen LogP contribution in [0, 0.1) is 0 Å². The van der Waals surface area contributed by atoms with Crippen LogP contribution in [-0.4, -0.2) is 78.9 Å². The summed E-state index contributed by atoms with van der Waals surface area (Å²) in [4.78, 5) is 25.6. The fourth-order valence-corrected chi connectivity index (χ4v) is 5.79. The van der Waals surface area contributed by atoms with E-state index in [4.69, 9.17) is 52.4 Å². The molecular formula is C26H28Cl2N4O6. The molecule has 5 rings (SSSR count). The zero-order valence-corrected chi connectivity index (χ0v) is 22.8. The van der Waals surface area contributed by atoms with Crippen molar-refractivity contribution in [2.24, 2.45) is 10.2 Å². The van der Waals surface area contributed by atoms with Gasteiger partial charge in [-0.25, -0.2) is 14.6 Å². The van der Waals surface area contributed by atoms with Crippen molar-refractivity contribution in [1.29, 1.82) is 0 Å². The quantitative estimate of drug-likeness (QED) is 0.485. The van der Waals surface area contributed by atoms with E-state index in [1.54, 1.807) is 22.2 Å². The highest BCUT2D eigenvalue weighted by Gasteiger charge is 2.56. The largest absolute Gasteiger partial charge is 0.467 e. The molecule has 0 aromatic heterocycles. The fraction of sp³-hybridized carbons (Fsp3) is 0.462. The van der Waals surface area contributed by atoms with Crippen LogP contribution in [0.2, 0.25) is 5.02 Å². The standard InChI is InChI=1S/C26H28Cl2N4O6/c1-4-5-18(27)8-16-9-21-25(11-16,23(33)35-2)37-14-31(29-21)13-32-15-38-26(24(34)36-3)12-17-10-19(28)6-7-20(17)22(26)30-32/h5-8,10H,4,9,11-15H2,1-3H3/b16-8+,18-5+. The Morgan fingerprint density at radius 1 is 1.08 bits per heavy atom. The van der Waals surface area contributed by atoms with Crippen LogP contribution in [0.25, 0.3) is 0 Å². The lowest BCUT2D eigenvalue weighted by molar-refractivity contribution is -0.175. The molecule has 38 heavy (non-hydrogen) atoms. The number of ether oxygens (including phenoxy) is 4. The van der Waals surface area contributed by atoms with Gasteiger partial charge in [-0.2, -0.15) is 10.2 Å². The van der Waals surface area contributed by atoms with Crippen molar-refractivity contribution in [3.8, 4) is 0 Å². The second-order valence-electron chi connectivity index (χ2n) is 9.47. The zero-order valence-electron chi connectivity index (χ0n) is 21.3. The van der Waals surface area contributed by atoms with Gasteiger partial charge < -0.3 is 18.9 Å². The molecule has 0 N–H and O–H groups in total. The van der Waals surface area contributed by atoms with Gasteiger partial charge in [0.2, 0.25) is 11.2 Å². The molecule has 0 bridgehead atoms. The number of hydrazone groups is 2. The fourth-order valence-electron chi connectivity index (χ4n) is 5.29. The number of nitrogens with zero attached hydrogens (tertiary/aromatic N) is 4. The summed E-state index contributed by atoms with van der Waals surface area (Å²) in [5.41, 5.74) is 0.940. The number of esters is 2. The average Bonchev–Trinajstić information content (AvgIpc) is 3.43. The average molecular weight is 563 g/mol. The minimum absolute atomic E-state index is 0.0202. The predicted molar refractivity (Wildman–Crippen MR) is 141 cm³/mol. The first-order chi connectivity index (χ1) is 18.2. The molecule has 202 valence electrons. The maximum atomic E-state index is 12.8. The van der Waals surface area contributed by atoms with Crippen LogP contribution < -0.4 is 0 Å². The Labute approximate surface area is 230 Å². The number of carbonyl (C=O) groups excluding carboxylic acids is 2. The molecule has 0 spiro atoms. The molecule has 1 fully saturated rings. The molecule has 2 aliphatic heterocycles. The summed E-state index contributed by atoms with van der Waals surface area (Å²) in [6, 6.07) is 5.38. The second-order valence-corrected chi connectivity index (χ2v) is 10.3. The van der Waals surface area contributed by atoms with Crippen molar-refractivity contribution >= 4 is 46.6 Å². The molecule has 2 unspecified atom stereocenters. The lowest BCUT2D eigenvalue weighted by atomic mass is 9.97. The van der Waals surface area contributed by atoms with Crippen molar-refractivity contribution < 1.29 is 28.5 Å². The van der Waals surface area contributed by atoms with Crippen LogP contribution in [0.4, 0.5) is 0 Å². The number of benzene rings is 1. The van der Waals surface area contributed by atoms with Crippen LogP contribution in [0.3, 0.4) is 0 Å². The predicted octanol–water partition coefficient (Wildman–Crippen LogP) is 3.57. The van der Waals surface area contributed by atoms with Crippen LogP contribution in [-0.2, 0) is 35.0 Å². The maximum absolute atomic E-state index is 12.8. The molecular weight excluding hydrogens is 535 g/mol. The Balaban J connectivity index is 1.42. The monoisotopic (exact) mass is 562 g/mol. The van der Waals surface area contributed by atoms with Gasteiger partial charge in [0.05, 0.1) is 19.9 Å². The topological polar surface area (TPSA) is 102 Å². The molecule has 12 heteroatoms. The van der Waals surface area contributed by atoms with Gasteiger partial charge in [-0.15, -0.1) is 0 Å². The summed E-state index contributed by atoms with van der Waals surface area (Å²) >= 11 is 12.5. The number of methoxy groups -OCH3 is 2. The number of hydrogen-bond acceptors (Lipinski definition) is 10. The van der Waals surface area contributed by atoms with Crippen LogP contribution in [0.5, 0.6) is 0 Å². The van der Waals surface area contributed by atoms with Crippen molar-refractivity contribution in [1.82, 2.24) is 10.0 Å². The van der Waals surface area contributed by atoms with E-state index in [1.807, 2.05) is 25.1 Å². The Morgan fingerprint density at radius 2 is 1.76 bits per heavy atom. The highest BCUT2D eigenvalue weighted by molar-refractivity contribution is 6.31. The molecule has 1 aromatic rings. The SMILES string of the molecule is CC/C=C(Cl)\C=C1/CC2=NN(CN3COC4(C(=O)OC)Cc5cc(Cl)ccc5C4=N3)COC2(C(=O)OC)C1. The summed E-state index contributed by atoms with van der Waals surface area (Å²) in [5.74, 6) is -1.02. The van der Waals surface area contributed by atoms with Gasteiger partial charge >= 0.3 is 11.9 Å². The van der Waals surface area contributed by atoms with Crippen LogP contribution in [0.15, 0.2) is 51.2 Å². The maximum Gasteiger partial charge on any atom is 0.345 e. The highest BCUT2D eigenvalue weighted by atomic mass is 35.5. The third-order valence-electron chi connectivity index (χ3n) is 7.00. The Bertz CT molecular complexity index is 1290. The van der Waals surface area contributed by atoms with Crippen molar-refractivity contribution in [3.05, 3.63) is 57.1 Å². The third-order valence-corrected chi connectivity index (χ3v) is 7.50. The second kappa shape index (κ2) is 10.3. The zero-order chi connectivity index (χ0) is 27.1. The first-order valence-corrected chi connectivity index (χ1v) is 13.0. The van der Waals surface area contributed by atoms with E-state index >= 15 is 0 Å². The van der Waals surface area contributed by atoms with E-state index in [0.29, 0.717) is 34.3 Å². The van der Waals surface area contributed by atoms with Crippen molar-refractivity contribution in [2.75, 3.05) is 34.3 Å². The smallest absolute Gasteiger partial charge is 0.345 e. The Hall–Kier alpha value is -2.92. The van der Waals surface area contributed by atoms with Gasteiger partial charge in [-0.3, -0.25) is 5.01 Å². The van der Waals surface area contributed by atoms with Crippen molar-refractivity contribution in [2.45, 2.75) is 43.8 Å². The number of fused-ring (bicyclic) bond motifs is 4. The first-order valence-electron chi connectivity index (χ1n) is 12.2. The molecule has 1 saturated carbocycles. The van der Waals surface area contributed by atoms with E-state index in [1.165, 1.54) is 14.2 Å². The molecule has 2 heterocycles. The Morgan fingerprint density at radius 3 is 2.47 bits per heavy atom. The Kier molecular flexibility index (Phi) is 7.25. The van der Waals surface area contributed by atoms with Gasteiger partial charge in [0, 0.05) is 34.9 Å². The van der Waals surface area contributed by atoms with E-state index in [9.17, 15) is 9.59 Å². The summed E-state index contributed by atoms with van der Waals surface area (Å²) in [6.45, 7) is 2.24. The first kappa shape index (κ1) is 26.7. The minimum Gasteiger partial charge on any atom is -0.467 e. The molecule has 0 radical (unpaired) electrons. The molecule has 0 amide bonds. The summed E-state index contributed by atoms with van der Waals surface area (Å²) in [6.07, 6.45) is 5.56. The number of carbonyl (C=O) groups is 2. The van der Waals surface area contributed by atoms with Gasteiger partial charge in [0.25, 0.3) is 0 Å². The van der Waals surface area contributed by atoms with Gasteiger partial charge in [0.15, 0.2) is 0 Å². The van der Waals surface area contributed by atoms with Crippen LogP contribution in [0.1, 0.15) is 37.3 Å². The molecule has 2 aliphatic carbocycles. The van der Waals surface area contributed by atoms with E-state index in [-0.39, 0.29) is 26.6 Å². The minimum atomic E-state index is -1.33. The number of rotatable bonds is 6. The lowest BCUT2D eigenvalue weighted by Gasteiger charge is -2.39. The molecule has 10 nitrogen and oxygen atoms in total. The summed E-state index contributed by atoms with van der Waals surface area (Å²) in [7, 11) is 2.65. The highest BCUT2D eigenvalue weighted by Crippen LogP contribution is 2.41. The molecule has 4 aliphatic rings.